The van der Waals surface area contributed by atoms with E-state index in [4.69, 9.17) is 4.42 Å². The van der Waals surface area contributed by atoms with E-state index >= 15 is 0 Å². The van der Waals surface area contributed by atoms with Gasteiger partial charge in [-0.05, 0) is 19.0 Å². The number of aliphatic hydroxyl groups is 1. The molecule has 2 N–H and O–H groups in total. The van der Waals surface area contributed by atoms with E-state index in [0.29, 0.717) is 5.92 Å². The maximum atomic E-state index is 9.81. The first-order valence-electron chi connectivity index (χ1n) is 4.29. The first kappa shape index (κ1) is 7.83. The van der Waals surface area contributed by atoms with Crippen molar-refractivity contribution in [3.8, 4) is 0 Å². The molecule has 0 bridgehead atoms. The van der Waals surface area contributed by atoms with E-state index in [-0.39, 0.29) is 6.10 Å². The highest BCUT2D eigenvalue weighted by Gasteiger charge is 2.24. The van der Waals surface area contributed by atoms with Crippen LogP contribution in [0.3, 0.4) is 0 Å². The van der Waals surface area contributed by atoms with Gasteiger partial charge in [-0.15, -0.1) is 0 Å². The zero-order valence-electron chi connectivity index (χ0n) is 6.86. The van der Waals surface area contributed by atoms with Gasteiger partial charge >= 0.3 is 0 Å². The van der Waals surface area contributed by atoms with Crippen molar-refractivity contribution in [1.29, 1.82) is 0 Å². The quantitative estimate of drug-likeness (QED) is 0.688. The molecular weight excluding hydrogens is 154 g/mol. The number of hydrogen-bond donors (Lipinski definition) is 2. The van der Waals surface area contributed by atoms with Crippen LogP contribution in [0.15, 0.2) is 23.0 Å². The van der Waals surface area contributed by atoms with Gasteiger partial charge in [0.15, 0.2) is 0 Å². The molecule has 3 nitrogen and oxygen atoms in total. The highest BCUT2D eigenvalue weighted by atomic mass is 16.3. The lowest BCUT2D eigenvalue weighted by Crippen LogP contribution is -2.15. The molecule has 1 aromatic rings. The van der Waals surface area contributed by atoms with Crippen molar-refractivity contribution in [3.63, 3.8) is 0 Å². The van der Waals surface area contributed by atoms with Gasteiger partial charge in [-0.25, -0.2) is 0 Å². The van der Waals surface area contributed by atoms with Crippen LogP contribution in [0.2, 0.25) is 0 Å². The third kappa shape index (κ3) is 1.38. The molecule has 0 aliphatic carbocycles. The Kier molecular flexibility index (Phi) is 2.15. The lowest BCUT2D eigenvalue weighted by Gasteiger charge is -2.14. The van der Waals surface area contributed by atoms with Crippen LogP contribution in [-0.2, 0) is 0 Å². The van der Waals surface area contributed by atoms with Crippen LogP contribution in [0.1, 0.15) is 18.1 Å². The molecule has 1 aromatic heterocycles. The first-order chi connectivity index (χ1) is 5.88. The van der Waals surface area contributed by atoms with E-state index in [0.717, 1.165) is 25.1 Å². The van der Waals surface area contributed by atoms with Crippen molar-refractivity contribution in [1.82, 2.24) is 5.32 Å². The van der Waals surface area contributed by atoms with E-state index < -0.39 is 0 Å². The molecule has 2 rings (SSSR count). The second-order valence-corrected chi connectivity index (χ2v) is 3.25. The predicted molar refractivity (Wildman–Crippen MR) is 44.6 cm³/mol. The fraction of sp³-hybridized carbons (Fsp3) is 0.556. The van der Waals surface area contributed by atoms with E-state index in [1.807, 2.05) is 6.07 Å². The minimum Gasteiger partial charge on any atom is -0.472 e. The van der Waals surface area contributed by atoms with Crippen molar-refractivity contribution >= 4 is 0 Å². The van der Waals surface area contributed by atoms with Crippen LogP contribution < -0.4 is 5.32 Å². The second kappa shape index (κ2) is 3.29. The minimum atomic E-state index is -0.362. The minimum absolute atomic E-state index is 0.350. The Morgan fingerprint density at radius 2 is 2.58 bits per heavy atom. The molecule has 1 saturated heterocycles. The smallest absolute Gasteiger partial charge is 0.0960 e. The lowest BCUT2D eigenvalue weighted by molar-refractivity contribution is 0.117. The van der Waals surface area contributed by atoms with Crippen LogP contribution in [0, 0.1) is 5.92 Å². The monoisotopic (exact) mass is 167 g/mol. The third-order valence-electron chi connectivity index (χ3n) is 2.43. The Morgan fingerprint density at radius 3 is 3.17 bits per heavy atom. The summed E-state index contributed by atoms with van der Waals surface area (Å²) in [6.07, 6.45) is 3.90. The molecule has 1 unspecified atom stereocenters. The lowest BCUT2D eigenvalue weighted by atomic mass is 9.97. The van der Waals surface area contributed by atoms with Crippen molar-refractivity contribution in [2.75, 3.05) is 13.1 Å². The highest BCUT2D eigenvalue weighted by molar-refractivity contribution is 5.10. The van der Waals surface area contributed by atoms with E-state index in [2.05, 4.69) is 5.32 Å². The molecule has 66 valence electrons. The number of rotatable bonds is 2. The summed E-state index contributed by atoms with van der Waals surface area (Å²) in [6.45, 7) is 1.92. The molecule has 1 aliphatic heterocycles. The largest absolute Gasteiger partial charge is 0.472 e. The van der Waals surface area contributed by atoms with E-state index in [9.17, 15) is 5.11 Å². The fourth-order valence-corrected chi connectivity index (χ4v) is 1.66. The van der Waals surface area contributed by atoms with Crippen molar-refractivity contribution in [2.45, 2.75) is 12.5 Å². The van der Waals surface area contributed by atoms with E-state index in [1.54, 1.807) is 12.5 Å². The van der Waals surface area contributed by atoms with Crippen molar-refractivity contribution in [3.05, 3.63) is 24.2 Å². The Labute approximate surface area is 71.4 Å². The van der Waals surface area contributed by atoms with Crippen molar-refractivity contribution in [2.24, 2.45) is 5.92 Å². The molecule has 0 saturated carbocycles. The summed E-state index contributed by atoms with van der Waals surface area (Å²) in [5.74, 6) is 0.350. The van der Waals surface area contributed by atoms with Gasteiger partial charge in [-0.3, -0.25) is 0 Å². The molecule has 2 heterocycles. The van der Waals surface area contributed by atoms with Gasteiger partial charge in [0.25, 0.3) is 0 Å². The normalized spacial score (nSPS) is 25.9. The zero-order valence-corrected chi connectivity index (χ0v) is 6.86. The molecule has 1 fully saturated rings. The number of furan rings is 1. The SMILES string of the molecule is OC(c1ccoc1)[C@@H]1CCNC1. The topological polar surface area (TPSA) is 45.4 Å². The summed E-state index contributed by atoms with van der Waals surface area (Å²) in [5, 5.41) is 13.0. The molecule has 0 spiro atoms. The Hall–Kier alpha value is -0.800. The summed E-state index contributed by atoms with van der Waals surface area (Å²) in [5.41, 5.74) is 0.892. The first-order valence-corrected chi connectivity index (χ1v) is 4.29. The molecule has 1 aliphatic rings. The molecule has 0 aromatic carbocycles. The van der Waals surface area contributed by atoms with Crippen LogP contribution in [0.5, 0.6) is 0 Å². The van der Waals surface area contributed by atoms with Gasteiger partial charge in [0, 0.05) is 18.0 Å². The average Bonchev–Trinajstić information content (AvgIpc) is 2.77. The van der Waals surface area contributed by atoms with Gasteiger partial charge in [0.1, 0.15) is 0 Å². The molecular formula is C9H13NO2. The maximum absolute atomic E-state index is 9.81. The zero-order chi connectivity index (χ0) is 8.39. The Balaban J connectivity index is 2.04. The van der Waals surface area contributed by atoms with E-state index in [1.165, 1.54) is 0 Å². The van der Waals surface area contributed by atoms with Crippen LogP contribution in [0.25, 0.3) is 0 Å². The Bertz CT molecular complexity index is 227. The summed E-state index contributed by atoms with van der Waals surface area (Å²) < 4.78 is 4.91. The molecule has 0 amide bonds. The molecule has 2 atom stereocenters. The van der Waals surface area contributed by atoms with Gasteiger partial charge in [-0.1, -0.05) is 0 Å². The molecule has 0 radical (unpaired) electrons. The summed E-state index contributed by atoms with van der Waals surface area (Å²) in [6, 6.07) is 1.82. The van der Waals surface area contributed by atoms with Crippen molar-refractivity contribution < 1.29 is 9.52 Å². The van der Waals surface area contributed by atoms with Crippen LogP contribution >= 0.6 is 0 Å². The van der Waals surface area contributed by atoms with Crippen LogP contribution in [-0.4, -0.2) is 18.2 Å². The Morgan fingerprint density at radius 1 is 1.67 bits per heavy atom. The number of hydrogen-bond acceptors (Lipinski definition) is 3. The van der Waals surface area contributed by atoms with Gasteiger partial charge in [0.2, 0.25) is 0 Å². The summed E-state index contributed by atoms with van der Waals surface area (Å²) >= 11 is 0. The molecule has 12 heavy (non-hydrogen) atoms. The van der Waals surface area contributed by atoms with Gasteiger partial charge in [-0.2, -0.15) is 0 Å². The second-order valence-electron chi connectivity index (χ2n) is 3.25. The fourth-order valence-electron chi connectivity index (χ4n) is 1.66. The number of nitrogens with one attached hydrogen (secondary N) is 1. The van der Waals surface area contributed by atoms with Crippen LogP contribution in [0.4, 0.5) is 0 Å². The maximum Gasteiger partial charge on any atom is 0.0960 e. The summed E-state index contributed by atoms with van der Waals surface area (Å²) in [7, 11) is 0. The standard InChI is InChI=1S/C9H13NO2/c11-9(7-1-3-10-5-7)8-2-4-12-6-8/h2,4,6-7,9-11H,1,3,5H2/t7-,9?/m1/s1. The third-order valence-corrected chi connectivity index (χ3v) is 2.43. The predicted octanol–water partition coefficient (Wildman–Crippen LogP) is 0.922. The highest BCUT2D eigenvalue weighted by Crippen LogP contribution is 2.26. The molecule has 3 heteroatoms. The van der Waals surface area contributed by atoms with Gasteiger partial charge in [0.05, 0.1) is 18.6 Å². The average molecular weight is 167 g/mol. The number of aliphatic hydroxyl groups excluding tert-OH is 1. The van der Waals surface area contributed by atoms with Gasteiger partial charge < -0.3 is 14.8 Å². The summed E-state index contributed by atoms with van der Waals surface area (Å²) in [4.78, 5) is 0.